The number of hydrogen-bond acceptors (Lipinski definition) is 5. The first-order valence-corrected chi connectivity index (χ1v) is 8.48. The Kier molecular flexibility index (Phi) is 5.60. The van der Waals surface area contributed by atoms with E-state index in [1.54, 1.807) is 11.3 Å². The zero-order valence-corrected chi connectivity index (χ0v) is 14.9. The minimum Gasteiger partial charge on any atom is -0.411 e. The second-order valence-corrected chi connectivity index (χ2v) is 6.20. The first kappa shape index (κ1) is 17.0. The van der Waals surface area contributed by atoms with Crippen LogP contribution in [0.3, 0.4) is 0 Å². The Morgan fingerprint density at radius 2 is 2.23 bits per heavy atom. The fourth-order valence-corrected chi connectivity index (χ4v) is 3.48. The quantitative estimate of drug-likeness (QED) is 0.825. The largest absolute Gasteiger partial charge is 0.411 e. The van der Waals surface area contributed by atoms with Crippen molar-refractivity contribution >= 4 is 40.3 Å². The van der Waals surface area contributed by atoms with Crippen LogP contribution in [0.15, 0.2) is 10.2 Å². The third-order valence-corrected chi connectivity index (χ3v) is 5.12. The molecule has 2 aromatic heterocycles. The molecule has 0 aliphatic carbocycles. The Morgan fingerprint density at radius 3 is 2.77 bits per heavy atom. The number of nitrogens with zero attached hydrogens (tertiary/aromatic N) is 3. The van der Waals surface area contributed by atoms with E-state index in [0.717, 1.165) is 21.4 Å². The van der Waals surface area contributed by atoms with E-state index in [0.29, 0.717) is 23.8 Å². The number of thiophene rings is 1. The van der Waals surface area contributed by atoms with E-state index in [4.69, 9.17) is 28.7 Å². The minimum absolute atomic E-state index is 0.222. The van der Waals surface area contributed by atoms with Gasteiger partial charge in [0.2, 0.25) is 0 Å². The highest BCUT2D eigenvalue weighted by Crippen LogP contribution is 2.27. The van der Waals surface area contributed by atoms with Crippen molar-refractivity contribution in [3.63, 3.8) is 0 Å². The van der Waals surface area contributed by atoms with Crippen molar-refractivity contribution in [2.75, 3.05) is 7.11 Å². The molecule has 120 valence electrons. The molecule has 2 rings (SSSR count). The summed E-state index contributed by atoms with van der Waals surface area (Å²) in [5.41, 5.74) is 0.579. The molecule has 0 radical (unpaired) electrons. The van der Waals surface area contributed by atoms with Crippen molar-refractivity contribution in [2.45, 2.75) is 33.2 Å². The van der Waals surface area contributed by atoms with E-state index < -0.39 is 5.69 Å². The van der Waals surface area contributed by atoms with E-state index >= 15 is 0 Å². The van der Waals surface area contributed by atoms with Crippen LogP contribution in [0.5, 0.6) is 0 Å². The van der Waals surface area contributed by atoms with Gasteiger partial charge in [0, 0.05) is 28.8 Å². The van der Waals surface area contributed by atoms with E-state index in [2.05, 4.69) is 17.3 Å². The first-order chi connectivity index (χ1) is 10.5. The molecule has 9 heteroatoms. The van der Waals surface area contributed by atoms with Crippen LogP contribution < -0.4 is 15.8 Å². The van der Waals surface area contributed by atoms with Crippen LogP contribution in [0.2, 0.25) is 5.02 Å². The molecular formula is C13H17ClN4O2S2. The van der Waals surface area contributed by atoms with Crippen LogP contribution in [0.4, 0.5) is 0 Å². The summed E-state index contributed by atoms with van der Waals surface area (Å²) in [5, 5.41) is 10.0. The van der Waals surface area contributed by atoms with Gasteiger partial charge in [-0.15, -0.1) is 21.2 Å². The van der Waals surface area contributed by atoms with Gasteiger partial charge in [0.15, 0.2) is 10.9 Å². The number of halogens is 1. The van der Waals surface area contributed by atoms with Crippen LogP contribution in [0.25, 0.3) is 0 Å². The van der Waals surface area contributed by atoms with Crippen molar-refractivity contribution in [1.29, 1.82) is 0 Å². The third-order valence-electron chi connectivity index (χ3n) is 3.16. The molecule has 0 aliphatic rings. The molecule has 0 amide bonds. The van der Waals surface area contributed by atoms with Gasteiger partial charge < -0.3 is 10.2 Å². The fourth-order valence-electron chi connectivity index (χ4n) is 2.04. The van der Waals surface area contributed by atoms with Gasteiger partial charge in [-0.05, 0) is 18.6 Å². The van der Waals surface area contributed by atoms with Crippen molar-refractivity contribution < 1.29 is 4.84 Å². The summed E-state index contributed by atoms with van der Waals surface area (Å²) >= 11 is 13.0. The van der Waals surface area contributed by atoms with Gasteiger partial charge in [0.1, 0.15) is 7.11 Å². The molecule has 6 nitrogen and oxygen atoms in total. The molecule has 0 unspecified atom stereocenters. The Bertz CT molecular complexity index is 735. The van der Waals surface area contributed by atoms with Crippen molar-refractivity contribution in [2.24, 2.45) is 0 Å². The first-order valence-electron chi connectivity index (χ1n) is 6.81. The van der Waals surface area contributed by atoms with Gasteiger partial charge in [0.05, 0.1) is 5.02 Å². The summed E-state index contributed by atoms with van der Waals surface area (Å²) in [6, 6.07) is 0. The fraction of sp³-hybridized carbons (Fsp3) is 0.462. The summed E-state index contributed by atoms with van der Waals surface area (Å²) < 4.78 is 2.26. The molecule has 0 saturated heterocycles. The van der Waals surface area contributed by atoms with Crippen molar-refractivity contribution in [1.82, 2.24) is 19.8 Å². The lowest BCUT2D eigenvalue weighted by atomic mass is 10.2. The number of hydrogen-bond donors (Lipinski definition) is 1. The highest BCUT2D eigenvalue weighted by molar-refractivity contribution is 7.80. The lowest BCUT2D eigenvalue weighted by Gasteiger charge is -2.07. The SMILES string of the molecule is CCc1scc(Cl)c1CNC(=S)n1nc(CC)n(OC)c1=O. The van der Waals surface area contributed by atoms with Crippen LogP contribution in [-0.4, -0.2) is 26.7 Å². The van der Waals surface area contributed by atoms with E-state index in [-0.39, 0.29) is 5.11 Å². The van der Waals surface area contributed by atoms with Crippen LogP contribution in [0, 0.1) is 0 Å². The molecule has 1 N–H and O–H groups in total. The maximum Gasteiger partial charge on any atom is 0.386 e. The Labute approximate surface area is 142 Å². The average molecular weight is 361 g/mol. The lowest BCUT2D eigenvalue weighted by Crippen LogP contribution is -2.38. The predicted molar refractivity (Wildman–Crippen MR) is 91.9 cm³/mol. The summed E-state index contributed by atoms with van der Waals surface area (Å²) in [7, 11) is 1.42. The van der Waals surface area contributed by atoms with Crippen LogP contribution in [0.1, 0.15) is 30.1 Å². The topological polar surface area (TPSA) is 61.1 Å². The van der Waals surface area contributed by atoms with Gasteiger partial charge in [-0.3, -0.25) is 0 Å². The third kappa shape index (κ3) is 3.18. The molecule has 0 saturated carbocycles. The highest BCUT2D eigenvalue weighted by atomic mass is 35.5. The molecule has 0 fully saturated rings. The number of nitrogens with one attached hydrogen (secondary N) is 1. The highest BCUT2D eigenvalue weighted by Gasteiger charge is 2.16. The van der Waals surface area contributed by atoms with Crippen LogP contribution in [-0.2, 0) is 19.4 Å². The molecule has 22 heavy (non-hydrogen) atoms. The van der Waals surface area contributed by atoms with Crippen molar-refractivity contribution in [3.8, 4) is 0 Å². The molecule has 0 aliphatic heterocycles. The zero-order chi connectivity index (χ0) is 16.3. The van der Waals surface area contributed by atoms with Gasteiger partial charge in [0.25, 0.3) is 0 Å². The van der Waals surface area contributed by atoms with Gasteiger partial charge >= 0.3 is 5.69 Å². The molecule has 2 aromatic rings. The average Bonchev–Trinajstić information content (AvgIpc) is 3.04. The minimum atomic E-state index is -0.427. The van der Waals surface area contributed by atoms with E-state index in [1.807, 2.05) is 12.3 Å². The lowest BCUT2D eigenvalue weighted by molar-refractivity contribution is 0.149. The van der Waals surface area contributed by atoms with Gasteiger partial charge in [-0.2, -0.15) is 4.68 Å². The summed E-state index contributed by atoms with van der Waals surface area (Å²) in [4.78, 5) is 18.4. The smallest absolute Gasteiger partial charge is 0.386 e. The maximum atomic E-state index is 12.2. The van der Waals surface area contributed by atoms with Gasteiger partial charge in [-0.1, -0.05) is 25.4 Å². The number of rotatable bonds is 5. The Morgan fingerprint density at radius 1 is 1.50 bits per heavy atom. The molecular weight excluding hydrogens is 344 g/mol. The van der Waals surface area contributed by atoms with Crippen LogP contribution >= 0.6 is 35.2 Å². The summed E-state index contributed by atoms with van der Waals surface area (Å²) in [6.45, 7) is 4.41. The normalized spacial score (nSPS) is 10.7. The van der Waals surface area contributed by atoms with E-state index in [1.165, 1.54) is 12.0 Å². The monoisotopic (exact) mass is 360 g/mol. The number of aromatic nitrogens is 3. The molecule has 2 heterocycles. The summed E-state index contributed by atoms with van der Waals surface area (Å²) in [6.07, 6.45) is 1.47. The molecule has 0 spiro atoms. The zero-order valence-electron chi connectivity index (χ0n) is 12.6. The Balaban J connectivity index is 2.18. The standard InChI is InChI=1S/C13H17ClN4O2S2/c1-4-10-8(9(14)7-22-10)6-15-12(21)17-13(19)18(20-3)11(5-2)16-17/h7H,4-6H2,1-3H3,(H,15,21). The van der Waals surface area contributed by atoms with E-state index in [9.17, 15) is 4.79 Å². The maximum absolute atomic E-state index is 12.2. The summed E-state index contributed by atoms with van der Waals surface area (Å²) in [5.74, 6) is 0.513. The molecule has 0 aromatic carbocycles. The number of aryl methyl sites for hydroxylation is 2. The predicted octanol–water partition coefficient (Wildman–Crippen LogP) is 1.87. The van der Waals surface area contributed by atoms with Gasteiger partial charge in [-0.25, -0.2) is 4.79 Å². The second-order valence-electron chi connectivity index (χ2n) is 4.44. The van der Waals surface area contributed by atoms with Crippen molar-refractivity contribution in [3.05, 3.63) is 37.2 Å². The molecule has 0 bridgehead atoms. The molecule has 0 atom stereocenters. The number of thiocarbonyl (C=S) groups is 1. The Hall–Kier alpha value is -1.38. The second kappa shape index (κ2) is 7.26.